The van der Waals surface area contributed by atoms with E-state index in [-0.39, 0.29) is 18.9 Å². The minimum absolute atomic E-state index is 0.155. The first-order chi connectivity index (χ1) is 9.56. The highest BCUT2D eigenvalue weighted by molar-refractivity contribution is 6.42. The van der Waals surface area contributed by atoms with Crippen LogP contribution in [0.15, 0.2) is 24.4 Å². The molecule has 5 nitrogen and oxygen atoms in total. The Hall–Kier alpha value is -1.72. The molecule has 0 unspecified atom stereocenters. The SMILES string of the molecule is Cc1cn[nH]c1NC(=O)CCOc1ccc(Cl)c(Cl)c1. The fourth-order valence-electron chi connectivity index (χ4n) is 1.50. The van der Waals surface area contributed by atoms with Crippen molar-refractivity contribution in [2.24, 2.45) is 0 Å². The number of amides is 1. The molecule has 1 aromatic carbocycles. The molecule has 2 aromatic rings. The Balaban J connectivity index is 1.79. The predicted molar refractivity (Wildman–Crippen MR) is 78.5 cm³/mol. The number of H-pyrrole nitrogens is 1. The Kier molecular flexibility index (Phi) is 4.87. The molecule has 106 valence electrons. The number of halogens is 2. The third kappa shape index (κ3) is 3.88. The molecule has 0 fully saturated rings. The van der Waals surface area contributed by atoms with Crippen molar-refractivity contribution < 1.29 is 9.53 Å². The smallest absolute Gasteiger partial charge is 0.228 e. The van der Waals surface area contributed by atoms with Crippen LogP contribution in [0.4, 0.5) is 5.82 Å². The van der Waals surface area contributed by atoms with Gasteiger partial charge in [0, 0.05) is 11.6 Å². The van der Waals surface area contributed by atoms with Crippen LogP contribution >= 0.6 is 23.2 Å². The Morgan fingerprint density at radius 2 is 2.20 bits per heavy atom. The van der Waals surface area contributed by atoms with Crippen molar-refractivity contribution in [2.75, 3.05) is 11.9 Å². The molecule has 1 heterocycles. The molecule has 0 saturated heterocycles. The maximum absolute atomic E-state index is 11.7. The molecule has 0 atom stereocenters. The van der Waals surface area contributed by atoms with E-state index in [9.17, 15) is 4.79 Å². The summed E-state index contributed by atoms with van der Waals surface area (Å²) >= 11 is 11.7. The van der Waals surface area contributed by atoms with Crippen LogP contribution in [0, 0.1) is 6.92 Å². The van der Waals surface area contributed by atoms with Crippen LogP contribution in [0.1, 0.15) is 12.0 Å². The predicted octanol–water partition coefficient (Wildman–Crippen LogP) is 3.43. The molecule has 0 saturated carbocycles. The largest absolute Gasteiger partial charge is 0.493 e. The molecule has 0 radical (unpaired) electrons. The second-order valence-corrected chi connectivity index (χ2v) is 4.96. The summed E-state index contributed by atoms with van der Waals surface area (Å²) in [6, 6.07) is 4.96. The van der Waals surface area contributed by atoms with E-state index in [0.29, 0.717) is 21.6 Å². The van der Waals surface area contributed by atoms with Gasteiger partial charge in [0.1, 0.15) is 11.6 Å². The van der Waals surface area contributed by atoms with E-state index in [1.54, 1.807) is 24.4 Å². The number of rotatable bonds is 5. The molecule has 1 amide bonds. The minimum Gasteiger partial charge on any atom is -0.493 e. The number of hydrogen-bond donors (Lipinski definition) is 2. The van der Waals surface area contributed by atoms with Gasteiger partial charge in [0.15, 0.2) is 0 Å². The number of aryl methyl sites for hydroxylation is 1. The van der Waals surface area contributed by atoms with Crippen molar-refractivity contribution in [3.8, 4) is 5.75 Å². The number of benzene rings is 1. The normalized spacial score (nSPS) is 10.3. The zero-order valence-corrected chi connectivity index (χ0v) is 12.3. The standard InChI is InChI=1S/C13H13Cl2N3O2/c1-8-7-16-18-13(8)17-12(19)4-5-20-9-2-3-10(14)11(15)6-9/h2-3,6-7H,4-5H2,1H3,(H2,16,17,18,19). The number of anilines is 1. The molecule has 1 aromatic heterocycles. The lowest BCUT2D eigenvalue weighted by atomic mass is 10.3. The number of nitrogens with one attached hydrogen (secondary N) is 2. The summed E-state index contributed by atoms with van der Waals surface area (Å²) in [6.45, 7) is 2.10. The molecule has 0 spiro atoms. The Morgan fingerprint density at radius 1 is 1.40 bits per heavy atom. The number of aromatic nitrogens is 2. The molecule has 20 heavy (non-hydrogen) atoms. The average molecular weight is 314 g/mol. The number of aromatic amines is 1. The lowest BCUT2D eigenvalue weighted by molar-refractivity contribution is -0.116. The molecule has 0 aliphatic carbocycles. The summed E-state index contributed by atoms with van der Waals surface area (Å²) < 4.78 is 5.43. The van der Waals surface area contributed by atoms with Crippen LogP contribution in [0.3, 0.4) is 0 Å². The number of ether oxygens (including phenoxy) is 1. The van der Waals surface area contributed by atoms with Gasteiger partial charge in [0.05, 0.1) is 29.3 Å². The van der Waals surface area contributed by atoms with Crippen molar-refractivity contribution in [1.82, 2.24) is 10.2 Å². The number of carbonyl (C=O) groups excluding carboxylic acids is 1. The fourth-order valence-corrected chi connectivity index (χ4v) is 1.79. The topological polar surface area (TPSA) is 67.0 Å². The van der Waals surface area contributed by atoms with Gasteiger partial charge < -0.3 is 10.1 Å². The van der Waals surface area contributed by atoms with Crippen molar-refractivity contribution in [3.63, 3.8) is 0 Å². The summed E-state index contributed by atoms with van der Waals surface area (Å²) in [7, 11) is 0. The van der Waals surface area contributed by atoms with Crippen molar-refractivity contribution in [1.29, 1.82) is 0 Å². The zero-order valence-electron chi connectivity index (χ0n) is 10.7. The monoisotopic (exact) mass is 313 g/mol. The van der Waals surface area contributed by atoms with Crippen molar-refractivity contribution >= 4 is 34.9 Å². The van der Waals surface area contributed by atoms with Gasteiger partial charge in [-0.2, -0.15) is 5.10 Å². The first-order valence-electron chi connectivity index (χ1n) is 5.94. The number of carbonyl (C=O) groups is 1. The molecular formula is C13H13Cl2N3O2. The maximum Gasteiger partial charge on any atom is 0.228 e. The first kappa shape index (κ1) is 14.7. The third-order valence-electron chi connectivity index (χ3n) is 2.58. The third-order valence-corrected chi connectivity index (χ3v) is 3.32. The molecular weight excluding hydrogens is 301 g/mol. The molecule has 2 N–H and O–H groups in total. The quantitative estimate of drug-likeness (QED) is 0.888. The van der Waals surface area contributed by atoms with Crippen LogP contribution < -0.4 is 10.1 Å². The highest BCUT2D eigenvalue weighted by Crippen LogP contribution is 2.26. The van der Waals surface area contributed by atoms with E-state index in [0.717, 1.165) is 5.56 Å². The first-order valence-corrected chi connectivity index (χ1v) is 6.69. The zero-order chi connectivity index (χ0) is 14.5. The minimum atomic E-state index is -0.155. The second kappa shape index (κ2) is 6.63. The van der Waals surface area contributed by atoms with Crippen LogP contribution in [-0.2, 0) is 4.79 Å². The molecule has 7 heteroatoms. The summed E-state index contributed by atoms with van der Waals surface area (Å²) in [6.07, 6.45) is 1.86. The Labute approximate surface area is 126 Å². The van der Waals surface area contributed by atoms with E-state index in [1.165, 1.54) is 0 Å². The summed E-state index contributed by atoms with van der Waals surface area (Å²) in [5.74, 6) is 1.02. The molecule has 0 aliphatic heterocycles. The van der Waals surface area contributed by atoms with Gasteiger partial charge in [-0.3, -0.25) is 9.89 Å². The van der Waals surface area contributed by atoms with E-state index >= 15 is 0 Å². The van der Waals surface area contributed by atoms with Gasteiger partial charge in [0.2, 0.25) is 5.91 Å². The molecule has 2 rings (SSSR count). The highest BCUT2D eigenvalue weighted by Gasteiger charge is 2.07. The van der Waals surface area contributed by atoms with E-state index < -0.39 is 0 Å². The molecule has 0 aliphatic rings. The Morgan fingerprint density at radius 3 is 2.85 bits per heavy atom. The lowest BCUT2D eigenvalue weighted by Gasteiger charge is -2.07. The fraction of sp³-hybridized carbons (Fsp3) is 0.231. The van der Waals surface area contributed by atoms with Gasteiger partial charge in [-0.05, 0) is 19.1 Å². The van der Waals surface area contributed by atoms with E-state index in [4.69, 9.17) is 27.9 Å². The van der Waals surface area contributed by atoms with Gasteiger partial charge in [0.25, 0.3) is 0 Å². The Bertz CT molecular complexity index is 613. The summed E-state index contributed by atoms with van der Waals surface area (Å²) in [5, 5.41) is 10.1. The second-order valence-electron chi connectivity index (χ2n) is 4.15. The van der Waals surface area contributed by atoms with Crippen LogP contribution in [0.25, 0.3) is 0 Å². The van der Waals surface area contributed by atoms with Crippen LogP contribution in [-0.4, -0.2) is 22.7 Å². The highest BCUT2D eigenvalue weighted by atomic mass is 35.5. The van der Waals surface area contributed by atoms with Gasteiger partial charge in [-0.25, -0.2) is 0 Å². The lowest BCUT2D eigenvalue weighted by Crippen LogP contribution is -2.16. The average Bonchev–Trinajstić information content (AvgIpc) is 2.79. The number of nitrogens with zero attached hydrogens (tertiary/aromatic N) is 1. The van der Waals surface area contributed by atoms with Gasteiger partial charge >= 0.3 is 0 Å². The van der Waals surface area contributed by atoms with Crippen LogP contribution in [0.2, 0.25) is 10.0 Å². The molecule has 0 bridgehead atoms. The summed E-state index contributed by atoms with van der Waals surface area (Å²) in [5.41, 5.74) is 0.878. The number of hydrogen-bond acceptors (Lipinski definition) is 3. The maximum atomic E-state index is 11.7. The summed E-state index contributed by atoms with van der Waals surface area (Å²) in [4.78, 5) is 11.7. The van der Waals surface area contributed by atoms with Gasteiger partial charge in [-0.15, -0.1) is 0 Å². The van der Waals surface area contributed by atoms with E-state index in [2.05, 4.69) is 15.5 Å². The van der Waals surface area contributed by atoms with Gasteiger partial charge in [-0.1, -0.05) is 23.2 Å². The van der Waals surface area contributed by atoms with Crippen molar-refractivity contribution in [2.45, 2.75) is 13.3 Å². The van der Waals surface area contributed by atoms with E-state index in [1.807, 2.05) is 6.92 Å². The van der Waals surface area contributed by atoms with Crippen molar-refractivity contribution in [3.05, 3.63) is 40.0 Å². The van der Waals surface area contributed by atoms with Crippen LogP contribution in [0.5, 0.6) is 5.75 Å².